The third kappa shape index (κ3) is 6.23. The molecule has 2 rings (SSSR count). The number of guanidine groups is 1. The molecule has 0 radical (unpaired) electrons. The number of piperidine rings is 1. The Morgan fingerprint density at radius 2 is 1.88 bits per heavy atom. The van der Waals surface area contributed by atoms with Gasteiger partial charge < -0.3 is 10.2 Å². The zero-order valence-electron chi connectivity index (χ0n) is 14.4. The van der Waals surface area contributed by atoms with Crippen LogP contribution in [0.15, 0.2) is 40.2 Å². The van der Waals surface area contributed by atoms with Gasteiger partial charge in [-0.3, -0.25) is 4.99 Å². The van der Waals surface area contributed by atoms with Crippen molar-refractivity contribution in [1.82, 2.24) is 10.2 Å². The molecule has 136 valence electrons. The number of sulfone groups is 1. The molecule has 0 bridgehead atoms. The van der Waals surface area contributed by atoms with Gasteiger partial charge in [0.25, 0.3) is 0 Å². The van der Waals surface area contributed by atoms with E-state index in [0.29, 0.717) is 4.90 Å². The molecular weight excluding hydrogens is 437 g/mol. The summed E-state index contributed by atoms with van der Waals surface area (Å²) in [7, 11) is -3.26. The van der Waals surface area contributed by atoms with E-state index in [-0.39, 0.29) is 36.3 Å². The van der Waals surface area contributed by atoms with E-state index in [1.165, 1.54) is 0 Å². The molecule has 1 aliphatic heterocycles. The Morgan fingerprint density at radius 1 is 1.25 bits per heavy atom. The highest BCUT2D eigenvalue weighted by molar-refractivity contribution is 14.0. The molecule has 1 N–H and O–H groups in total. The first-order chi connectivity index (χ1) is 11.0. The number of benzene rings is 1. The first-order valence-electron chi connectivity index (χ1n) is 8.34. The summed E-state index contributed by atoms with van der Waals surface area (Å²) in [4.78, 5) is 7.13. The number of hydrogen-bond donors (Lipinski definition) is 1. The van der Waals surface area contributed by atoms with Crippen LogP contribution < -0.4 is 5.32 Å². The van der Waals surface area contributed by atoms with E-state index in [1.807, 2.05) is 13.0 Å². The van der Waals surface area contributed by atoms with Gasteiger partial charge in [-0.05, 0) is 37.8 Å². The van der Waals surface area contributed by atoms with Crippen LogP contribution in [0.1, 0.15) is 26.7 Å². The Balaban J connectivity index is 0.00000288. The van der Waals surface area contributed by atoms with Crippen molar-refractivity contribution in [3.8, 4) is 0 Å². The summed E-state index contributed by atoms with van der Waals surface area (Å²) in [6.07, 6.45) is 2.32. The smallest absolute Gasteiger partial charge is 0.193 e. The van der Waals surface area contributed by atoms with E-state index >= 15 is 0 Å². The largest absolute Gasteiger partial charge is 0.357 e. The van der Waals surface area contributed by atoms with Crippen molar-refractivity contribution in [3.05, 3.63) is 30.3 Å². The van der Waals surface area contributed by atoms with Gasteiger partial charge in [0.1, 0.15) is 0 Å². The van der Waals surface area contributed by atoms with Crippen LogP contribution in [0.25, 0.3) is 0 Å². The molecule has 0 aliphatic carbocycles. The van der Waals surface area contributed by atoms with Crippen molar-refractivity contribution in [3.63, 3.8) is 0 Å². The second-order valence-electron chi connectivity index (χ2n) is 6.04. The van der Waals surface area contributed by atoms with Crippen LogP contribution in [0.4, 0.5) is 0 Å². The van der Waals surface area contributed by atoms with E-state index < -0.39 is 9.84 Å². The molecule has 1 fully saturated rings. The predicted octanol–water partition coefficient (Wildman–Crippen LogP) is 2.78. The quantitative estimate of drug-likeness (QED) is 0.413. The van der Waals surface area contributed by atoms with Crippen molar-refractivity contribution in [2.45, 2.75) is 31.6 Å². The second kappa shape index (κ2) is 10.2. The lowest BCUT2D eigenvalue weighted by Gasteiger charge is -2.33. The number of likely N-dealkylation sites (tertiary alicyclic amines) is 1. The molecule has 1 heterocycles. The second-order valence-corrected chi connectivity index (χ2v) is 8.15. The summed E-state index contributed by atoms with van der Waals surface area (Å²) < 4.78 is 24.6. The normalized spacial score (nSPS) is 16.6. The van der Waals surface area contributed by atoms with Crippen LogP contribution in [0, 0.1) is 5.92 Å². The highest BCUT2D eigenvalue weighted by Gasteiger charge is 2.19. The molecular formula is C17H28IN3O2S. The number of aliphatic imine (C=N–C) groups is 1. The Kier molecular flexibility index (Phi) is 9.04. The van der Waals surface area contributed by atoms with Gasteiger partial charge in [-0.25, -0.2) is 8.42 Å². The number of hydrogen-bond acceptors (Lipinski definition) is 3. The molecule has 0 unspecified atom stereocenters. The number of rotatable bonds is 5. The maximum atomic E-state index is 12.3. The zero-order valence-corrected chi connectivity index (χ0v) is 17.6. The first-order valence-corrected chi connectivity index (χ1v) is 9.99. The minimum absolute atomic E-state index is 0. The van der Waals surface area contributed by atoms with Gasteiger partial charge in [-0.15, -0.1) is 24.0 Å². The fraction of sp³-hybridized carbons (Fsp3) is 0.588. The van der Waals surface area contributed by atoms with E-state index in [9.17, 15) is 8.42 Å². The number of nitrogens with one attached hydrogen (secondary N) is 1. The van der Waals surface area contributed by atoms with E-state index in [0.717, 1.165) is 44.4 Å². The summed E-state index contributed by atoms with van der Waals surface area (Å²) in [5.74, 6) is 1.63. The molecule has 0 amide bonds. The number of halogens is 1. The average molecular weight is 465 g/mol. The molecule has 24 heavy (non-hydrogen) atoms. The maximum Gasteiger partial charge on any atom is 0.193 e. The lowest BCUT2D eigenvalue weighted by molar-refractivity contribution is 0.273. The fourth-order valence-electron chi connectivity index (χ4n) is 2.66. The van der Waals surface area contributed by atoms with E-state index in [2.05, 4.69) is 22.1 Å². The third-order valence-electron chi connectivity index (χ3n) is 4.14. The highest BCUT2D eigenvalue weighted by atomic mass is 127. The van der Waals surface area contributed by atoms with Crippen molar-refractivity contribution in [1.29, 1.82) is 0 Å². The molecule has 0 atom stereocenters. The average Bonchev–Trinajstić information content (AvgIpc) is 2.56. The maximum absolute atomic E-state index is 12.3. The van der Waals surface area contributed by atoms with Crippen LogP contribution in [-0.2, 0) is 9.84 Å². The molecule has 5 nitrogen and oxygen atoms in total. The van der Waals surface area contributed by atoms with Gasteiger partial charge >= 0.3 is 0 Å². The Morgan fingerprint density at radius 3 is 2.46 bits per heavy atom. The lowest BCUT2D eigenvalue weighted by atomic mass is 10.00. The molecule has 1 saturated heterocycles. The molecule has 0 aromatic heterocycles. The third-order valence-corrected chi connectivity index (χ3v) is 5.85. The van der Waals surface area contributed by atoms with Crippen LogP contribution in [0.2, 0.25) is 0 Å². The van der Waals surface area contributed by atoms with Crippen LogP contribution in [-0.4, -0.2) is 51.2 Å². The molecule has 7 heteroatoms. The van der Waals surface area contributed by atoms with Gasteiger partial charge in [-0.2, -0.15) is 0 Å². The number of nitrogens with zero attached hydrogens (tertiary/aromatic N) is 2. The first kappa shape index (κ1) is 21.2. The molecule has 1 aliphatic rings. The standard InChI is InChI=1S/C17H27N3O2S.HI/c1-3-18-17(20-12-9-15(2)10-13-20)19-11-14-23(21,22)16-7-5-4-6-8-16;/h4-8,15H,3,9-14H2,1-2H3,(H,18,19);1H. The predicted molar refractivity (Wildman–Crippen MR) is 110 cm³/mol. The van der Waals surface area contributed by atoms with Gasteiger partial charge in [0.05, 0.1) is 17.2 Å². The van der Waals surface area contributed by atoms with Crippen molar-refractivity contribution < 1.29 is 8.42 Å². The summed E-state index contributed by atoms with van der Waals surface area (Å²) in [5.41, 5.74) is 0. The Hall–Kier alpha value is -0.830. The summed E-state index contributed by atoms with van der Waals surface area (Å²) in [6, 6.07) is 8.58. The Labute approximate surface area is 162 Å². The van der Waals surface area contributed by atoms with Crippen LogP contribution in [0.5, 0.6) is 0 Å². The minimum Gasteiger partial charge on any atom is -0.357 e. The van der Waals surface area contributed by atoms with Crippen LogP contribution in [0.3, 0.4) is 0 Å². The monoisotopic (exact) mass is 465 g/mol. The summed E-state index contributed by atoms with van der Waals surface area (Å²) >= 11 is 0. The lowest BCUT2D eigenvalue weighted by Crippen LogP contribution is -2.45. The molecule has 1 aromatic rings. The van der Waals surface area contributed by atoms with E-state index in [1.54, 1.807) is 24.3 Å². The topological polar surface area (TPSA) is 61.8 Å². The van der Waals surface area contributed by atoms with Gasteiger partial charge in [0, 0.05) is 19.6 Å². The highest BCUT2D eigenvalue weighted by Crippen LogP contribution is 2.16. The zero-order chi connectivity index (χ0) is 16.7. The van der Waals surface area contributed by atoms with Gasteiger partial charge in [-0.1, -0.05) is 25.1 Å². The van der Waals surface area contributed by atoms with Gasteiger partial charge in [0.2, 0.25) is 0 Å². The van der Waals surface area contributed by atoms with Gasteiger partial charge in [0.15, 0.2) is 15.8 Å². The van der Waals surface area contributed by atoms with Crippen LogP contribution >= 0.6 is 24.0 Å². The minimum atomic E-state index is -3.26. The molecule has 0 spiro atoms. The molecule has 0 saturated carbocycles. The molecule has 1 aromatic carbocycles. The fourth-order valence-corrected chi connectivity index (χ4v) is 3.80. The Bertz CT molecular complexity index is 612. The van der Waals surface area contributed by atoms with E-state index in [4.69, 9.17) is 0 Å². The van der Waals surface area contributed by atoms with Crippen molar-refractivity contribution >= 4 is 39.8 Å². The van der Waals surface area contributed by atoms with Crippen molar-refractivity contribution in [2.75, 3.05) is 31.9 Å². The summed E-state index contributed by atoms with van der Waals surface area (Å²) in [6.45, 7) is 7.34. The summed E-state index contributed by atoms with van der Waals surface area (Å²) in [5, 5.41) is 3.27. The van der Waals surface area contributed by atoms with Crippen molar-refractivity contribution in [2.24, 2.45) is 10.9 Å². The SMILES string of the molecule is CCNC(=NCCS(=O)(=O)c1ccccc1)N1CCC(C)CC1.I.